The molecule has 0 saturated carbocycles. The molecule has 2 aromatic carbocycles. The van der Waals surface area contributed by atoms with Gasteiger partial charge < -0.3 is 4.74 Å². The summed E-state index contributed by atoms with van der Waals surface area (Å²) in [4.78, 5) is 22.1. The Morgan fingerprint density at radius 2 is 2.00 bits per heavy atom. The van der Waals surface area contributed by atoms with Gasteiger partial charge in [-0.05, 0) is 34.2 Å². The number of non-ortho nitro benzene ring substituents is 1. The van der Waals surface area contributed by atoms with Crippen molar-refractivity contribution >= 4 is 17.7 Å². The second-order valence-corrected chi connectivity index (χ2v) is 5.14. The van der Waals surface area contributed by atoms with Crippen LogP contribution in [0.5, 0.6) is 0 Å². The number of carbonyl (C=O) groups excluding carboxylic acids is 1. The van der Waals surface area contributed by atoms with E-state index < -0.39 is 10.9 Å². The van der Waals surface area contributed by atoms with Crippen LogP contribution in [-0.2, 0) is 16.1 Å². The van der Waals surface area contributed by atoms with Gasteiger partial charge in [-0.3, -0.25) is 10.1 Å². The summed E-state index contributed by atoms with van der Waals surface area (Å²) in [5.74, 6) is -0.243. The molecule has 0 bridgehead atoms. The van der Waals surface area contributed by atoms with Crippen LogP contribution in [-0.4, -0.2) is 31.1 Å². The Morgan fingerprint density at radius 1 is 1.19 bits per heavy atom. The second kappa shape index (κ2) is 7.79. The molecule has 0 aliphatic rings. The van der Waals surface area contributed by atoms with E-state index in [2.05, 4.69) is 15.5 Å². The molecule has 0 amide bonds. The molecule has 0 unspecified atom stereocenters. The Labute approximate surface area is 147 Å². The van der Waals surface area contributed by atoms with Crippen molar-refractivity contribution in [3.8, 4) is 5.69 Å². The molecule has 3 rings (SSSR count). The van der Waals surface area contributed by atoms with E-state index in [1.807, 2.05) is 30.3 Å². The average molecular weight is 351 g/mol. The van der Waals surface area contributed by atoms with Crippen LogP contribution in [0, 0.1) is 10.1 Å². The molecular formula is C17H13N5O4. The molecule has 0 N–H and O–H groups in total. The number of nitro groups is 1. The molecule has 0 saturated heterocycles. The minimum Gasteiger partial charge on any atom is -0.454 e. The van der Waals surface area contributed by atoms with E-state index >= 15 is 0 Å². The van der Waals surface area contributed by atoms with Crippen LogP contribution in [0.2, 0.25) is 0 Å². The zero-order valence-electron chi connectivity index (χ0n) is 13.4. The van der Waals surface area contributed by atoms with Crippen LogP contribution >= 0.6 is 0 Å². The second-order valence-electron chi connectivity index (χ2n) is 5.14. The molecule has 0 radical (unpaired) electrons. The number of nitrogens with zero attached hydrogens (tertiary/aromatic N) is 5. The van der Waals surface area contributed by atoms with E-state index in [-0.39, 0.29) is 12.3 Å². The summed E-state index contributed by atoms with van der Waals surface area (Å²) in [5.41, 5.74) is 1.21. The molecule has 26 heavy (non-hydrogen) atoms. The highest BCUT2D eigenvalue weighted by Gasteiger charge is 2.10. The van der Waals surface area contributed by atoms with E-state index in [0.29, 0.717) is 11.4 Å². The SMILES string of the molecule is O=C(/C=C/c1cccc([N+](=O)[O-])c1)OCc1nnnn1-c1ccccc1. The van der Waals surface area contributed by atoms with Crippen molar-refractivity contribution in [2.75, 3.05) is 0 Å². The summed E-state index contributed by atoms with van der Waals surface area (Å²) in [7, 11) is 0. The standard InChI is InChI=1S/C17H13N5O4/c23-17(10-9-13-5-4-8-15(11-13)22(24)25)26-12-16-18-19-20-21(16)14-6-2-1-3-7-14/h1-11H,12H2/b10-9+. The van der Waals surface area contributed by atoms with Crippen molar-refractivity contribution in [3.05, 3.63) is 82.2 Å². The smallest absolute Gasteiger partial charge is 0.331 e. The van der Waals surface area contributed by atoms with Gasteiger partial charge in [-0.1, -0.05) is 30.3 Å². The third kappa shape index (κ3) is 4.15. The van der Waals surface area contributed by atoms with Gasteiger partial charge in [-0.2, -0.15) is 4.68 Å². The number of carbonyl (C=O) groups is 1. The first-order valence-corrected chi connectivity index (χ1v) is 7.55. The molecule has 0 aliphatic heterocycles. The first-order chi connectivity index (χ1) is 12.6. The number of tetrazole rings is 1. The van der Waals surface area contributed by atoms with Crippen LogP contribution in [0.3, 0.4) is 0 Å². The lowest BCUT2D eigenvalue weighted by molar-refractivity contribution is -0.384. The number of nitro benzene ring substituents is 1. The van der Waals surface area contributed by atoms with Crippen molar-refractivity contribution in [1.29, 1.82) is 0 Å². The van der Waals surface area contributed by atoms with E-state index in [1.54, 1.807) is 6.07 Å². The molecule has 0 fully saturated rings. The number of benzene rings is 2. The van der Waals surface area contributed by atoms with Gasteiger partial charge in [-0.25, -0.2) is 4.79 Å². The van der Waals surface area contributed by atoms with Gasteiger partial charge in [0.05, 0.1) is 10.6 Å². The number of aromatic nitrogens is 4. The van der Waals surface area contributed by atoms with Gasteiger partial charge in [0.25, 0.3) is 5.69 Å². The number of ether oxygens (including phenoxy) is 1. The maximum Gasteiger partial charge on any atom is 0.331 e. The minimum absolute atomic E-state index is 0.0532. The third-order valence-electron chi connectivity index (χ3n) is 3.37. The zero-order valence-corrected chi connectivity index (χ0v) is 13.4. The Hall–Kier alpha value is -3.88. The van der Waals surface area contributed by atoms with Gasteiger partial charge in [0.2, 0.25) is 0 Å². The average Bonchev–Trinajstić information content (AvgIpc) is 3.14. The van der Waals surface area contributed by atoms with E-state index in [0.717, 1.165) is 5.69 Å². The fourth-order valence-electron chi connectivity index (χ4n) is 2.16. The molecule has 3 aromatic rings. The molecule has 9 heteroatoms. The Morgan fingerprint density at radius 3 is 2.77 bits per heavy atom. The minimum atomic E-state index is -0.612. The van der Waals surface area contributed by atoms with Crippen molar-refractivity contribution in [1.82, 2.24) is 20.2 Å². The predicted octanol–water partition coefficient (Wildman–Crippen LogP) is 2.33. The number of esters is 1. The Kier molecular flexibility index (Phi) is 5.08. The van der Waals surface area contributed by atoms with Crippen LogP contribution in [0.15, 0.2) is 60.7 Å². The fourth-order valence-corrected chi connectivity index (χ4v) is 2.16. The van der Waals surface area contributed by atoms with E-state index in [1.165, 1.54) is 35.0 Å². The Bertz CT molecular complexity index is 953. The predicted molar refractivity (Wildman–Crippen MR) is 91.1 cm³/mol. The first kappa shape index (κ1) is 17.0. The topological polar surface area (TPSA) is 113 Å². The molecule has 0 aliphatic carbocycles. The summed E-state index contributed by atoms with van der Waals surface area (Å²) in [6.45, 7) is -0.111. The molecule has 1 heterocycles. The molecule has 130 valence electrons. The number of hydrogen-bond acceptors (Lipinski definition) is 7. The normalized spacial score (nSPS) is 10.8. The summed E-state index contributed by atoms with van der Waals surface area (Å²) in [6.07, 6.45) is 2.63. The molecule has 9 nitrogen and oxygen atoms in total. The lowest BCUT2D eigenvalue weighted by Crippen LogP contribution is -2.08. The summed E-state index contributed by atoms with van der Waals surface area (Å²) in [6, 6.07) is 15.1. The van der Waals surface area contributed by atoms with Gasteiger partial charge >= 0.3 is 5.97 Å². The highest BCUT2D eigenvalue weighted by atomic mass is 16.6. The van der Waals surface area contributed by atoms with Crippen molar-refractivity contribution in [3.63, 3.8) is 0 Å². The largest absolute Gasteiger partial charge is 0.454 e. The van der Waals surface area contributed by atoms with Crippen molar-refractivity contribution < 1.29 is 14.5 Å². The lowest BCUT2D eigenvalue weighted by Gasteiger charge is -2.04. The van der Waals surface area contributed by atoms with Crippen molar-refractivity contribution in [2.24, 2.45) is 0 Å². The number of para-hydroxylation sites is 1. The van der Waals surface area contributed by atoms with Gasteiger partial charge in [0.1, 0.15) is 0 Å². The van der Waals surface area contributed by atoms with Crippen molar-refractivity contribution in [2.45, 2.75) is 6.61 Å². The third-order valence-corrected chi connectivity index (χ3v) is 3.37. The maximum atomic E-state index is 11.9. The molecule has 0 spiro atoms. The van der Waals surface area contributed by atoms with Crippen LogP contribution in [0.25, 0.3) is 11.8 Å². The fraction of sp³-hybridized carbons (Fsp3) is 0.0588. The maximum absolute atomic E-state index is 11.9. The van der Waals surface area contributed by atoms with E-state index in [4.69, 9.17) is 4.74 Å². The lowest BCUT2D eigenvalue weighted by atomic mass is 10.2. The number of rotatable bonds is 6. The molecule has 1 aromatic heterocycles. The molecule has 0 atom stereocenters. The summed E-state index contributed by atoms with van der Waals surface area (Å²) < 4.78 is 6.59. The van der Waals surface area contributed by atoms with Crippen LogP contribution < -0.4 is 0 Å². The number of hydrogen-bond donors (Lipinski definition) is 0. The summed E-state index contributed by atoms with van der Waals surface area (Å²) >= 11 is 0. The highest BCUT2D eigenvalue weighted by Crippen LogP contribution is 2.14. The van der Waals surface area contributed by atoms with Crippen LogP contribution in [0.4, 0.5) is 5.69 Å². The van der Waals surface area contributed by atoms with Gasteiger partial charge in [0, 0.05) is 18.2 Å². The monoisotopic (exact) mass is 351 g/mol. The quantitative estimate of drug-likeness (QED) is 0.290. The Balaban J connectivity index is 1.63. The first-order valence-electron chi connectivity index (χ1n) is 7.55. The zero-order chi connectivity index (χ0) is 18.4. The van der Waals surface area contributed by atoms with Crippen LogP contribution in [0.1, 0.15) is 11.4 Å². The summed E-state index contributed by atoms with van der Waals surface area (Å²) in [5, 5.41) is 22.0. The highest BCUT2D eigenvalue weighted by molar-refractivity contribution is 5.87. The molecular weight excluding hydrogens is 338 g/mol. The van der Waals surface area contributed by atoms with Gasteiger partial charge in [0.15, 0.2) is 12.4 Å². The van der Waals surface area contributed by atoms with E-state index in [9.17, 15) is 14.9 Å². The van der Waals surface area contributed by atoms with Gasteiger partial charge in [-0.15, -0.1) is 5.10 Å².